The summed E-state index contributed by atoms with van der Waals surface area (Å²) in [5.74, 6) is 1.41. The zero-order valence-corrected chi connectivity index (χ0v) is 26.0. The van der Waals surface area contributed by atoms with Crippen LogP contribution in [-0.4, -0.2) is 75.4 Å². The van der Waals surface area contributed by atoms with E-state index in [4.69, 9.17) is 9.47 Å². The smallest absolute Gasteiger partial charge is 0.242 e. The van der Waals surface area contributed by atoms with E-state index in [1.807, 2.05) is 64.7 Å². The summed E-state index contributed by atoms with van der Waals surface area (Å²) in [6, 6.07) is 11.2. The van der Waals surface area contributed by atoms with Gasteiger partial charge in [-0.2, -0.15) is 5.10 Å². The average molecular weight is 600 g/mol. The zero-order valence-electron chi connectivity index (χ0n) is 26.0. The van der Waals surface area contributed by atoms with Crippen molar-refractivity contribution in [2.24, 2.45) is 5.92 Å². The highest BCUT2D eigenvalue weighted by Crippen LogP contribution is 2.32. The Bertz CT molecular complexity index is 1600. The summed E-state index contributed by atoms with van der Waals surface area (Å²) >= 11 is 0. The van der Waals surface area contributed by atoms with Crippen LogP contribution in [0.15, 0.2) is 61.2 Å². The van der Waals surface area contributed by atoms with Gasteiger partial charge in [0.1, 0.15) is 18.5 Å². The number of methoxy groups -OCH3 is 1. The van der Waals surface area contributed by atoms with Crippen LogP contribution >= 0.6 is 0 Å². The Kier molecular flexibility index (Phi) is 9.64. The van der Waals surface area contributed by atoms with E-state index in [0.29, 0.717) is 44.3 Å². The van der Waals surface area contributed by atoms with E-state index in [2.05, 4.69) is 46.7 Å². The van der Waals surface area contributed by atoms with E-state index in [1.165, 1.54) is 0 Å². The lowest BCUT2D eigenvalue weighted by Crippen LogP contribution is -2.52. The van der Waals surface area contributed by atoms with Crippen LogP contribution in [0.1, 0.15) is 30.5 Å². The molecule has 0 radical (unpaired) electrons. The van der Waals surface area contributed by atoms with Crippen LogP contribution in [0.2, 0.25) is 0 Å². The third-order valence-electron chi connectivity index (χ3n) is 7.81. The second kappa shape index (κ2) is 13.8. The van der Waals surface area contributed by atoms with Crippen molar-refractivity contribution in [2.45, 2.75) is 46.8 Å². The van der Waals surface area contributed by atoms with Crippen LogP contribution < -0.4 is 20.1 Å². The summed E-state index contributed by atoms with van der Waals surface area (Å²) in [4.78, 5) is 33.3. The number of imidazole rings is 1. The molecular weight excluding hydrogens is 558 g/mol. The number of ether oxygens (including phenoxy) is 2. The molecule has 0 fully saturated rings. The standard InChI is InChI=1S/C33H41N7O4/c1-22(2)31-33(42)35-11-14-39-13-10-34-32(39)25-7-8-28(43-5)29(19-25)44-16-15-38(21-30(41)37-31)20-26-24(4)17-23(3)18-27(26)40-12-6-9-36-40/h6-10,12-13,17-19,22,31H,11,14-16,20-21H2,1-5H3,(H,35,42)(H,37,41)/t31-/m1/s1. The second-order valence-electron chi connectivity index (χ2n) is 11.5. The predicted molar refractivity (Wildman–Crippen MR) is 168 cm³/mol. The number of rotatable bonds is 5. The quantitative estimate of drug-likeness (QED) is 0.361. The first-order chi connectivity index (χ1) is 21.2. The minimum atomic E-state index is -0.668. The first-order valence-electron chi connectivity index (χ1n) is 15.0. The number of aromatic nitrogens is 4. The molecule has 0 unspecified atom stereocenters. The minimum Gasteiger partial charge on any atom is -0.493 e. The fourth-order valence-corrected chi connectivity index (χ4v) is 5.56. The summed E-state index contributed by atoms with van der Waals surface area (Å²) < 4.78 is 15.7. The van der Waals surface area contributed by atoms with Gasteiger partial charge in [-0.1, -0.05) is 19.9 Å². The fraction of sp³-hybridized carbons (Fsp3) is 0.394. The van der Waals surface area contributed by atoms with Crippen molar-refractivity contribution in [3.63, 3.8) is 0 Å². The lowest BCUT2D eigenvalue weighted by atomic mass is 10.0. The van der Waals surface area contributed by atoms with Crippen molar-refractivity contribution < 1.29 is 19.1 Å². The van der Waals surface area contributed by atoms with E-state index in [-0.39, 0.29) is 24.3 Å². The van der Waals surface area contributed by atoms with Crippen LogP contribution in [0.5, 0.6) is 11.5 Å². The van der Waals surface area contributed by atoms with Crippen molar-refractivity contribution in [2.75, 3.05) is 33.4 Å². The first-order valence-corrected chi connectivity index (χ1v) is 15.0. The molecule has 3 heterocycles. The zero-order chi connectivity index (χ0) is 31.2. The molecule has 0 spiro atoms. The third kappa shape index (κ3) is 7.11. The number of benzene rings is 2. The lowest BCUT2D eigenvalue weighted by molar-refractivity contribution is -0.130. The van der Waals surface area contributed by atoms with Gasteiger partial charge in [0.15, 0.2) is 11.5 Å². The summed E-state index contributed by atoms with van der Waals surface area (Å²) in [7, 11) is 1.61. The van der Waals surface area contributed by atoms with E-state index >= 15 is 0 Å². The van der Waals surface area contributed by atoms with Crippen LogP contribution in [0.3, 0.4) is 0 Å². The first kappa shape index (κ1) is 30.8. The Morgan fingerprint density at radius 3 is 2.68 bits per heavy atom. The van der Waals surface area contributed by atoms with Crippen LogP contribution in [-0.2, 0) is 22.7 Å². The van der Waals surface area contributed by atoms with Crippen molar-refractivity contribution >= 4 is 11.8 Å². The molecule has 4 aromatic rings. The maximum absolute atomic E-state index is 13.5. The van der Waals surface area contributed by atoms with Gasteiger partial charge < -0.3 is 24.7 Å². The largest absolute Gasteiger partial charge is 0.493 e. The normalized spacial score (nSPS) is 16.9. The van der Waals surface area contributed by atoms with Crippen molar-refractivity contribution in [3.8, 4) is 28.6 Å². The van der Waals surface area contributed by atoms with Gasteiger partial charge in [-0.3, -0.25) is 14.5 Å². The number of amides is 2. The molecule has 1 atom stereocenters. The molecule has 0 saturated carbocycles. The molecule has 2 aromatic carbocycles. The van der Waals surface area contributed by atoms with Crippen LogP contribution in [0, 0.1) is 19.8 Å². The van der Waals surface area contributed by atoms with Gasteiger partial charge in [0.2, 0.25) is 11.8 Å². The maximum atomic E-state index is 13.5. The number of carbonyl (C=O) groups is 2. The van der Waals surface area contributed by atoms with E-state index in [0.717, 1.165) is 33.8 Å². The number of aryl methyl sites for hydroxylation is 2. The monoisotopic (exact) mass is 599 g/mol. The summed E-state index contributed by atoms with van der Waals surface area (Å²) in [5.41, 5.74) is 5.11. The Labute approximate surface area is 258 Å². The van der Waals surface area contributed by atoms with Gasteiger partial charge in [0.25, 0.3) is 0 Å². The van der Waals surface area contributed by atoms with Crippen LogP contribution in [0.25, 0.3) is 17.1 Å². The van der Waals surface area contributed by atoms with E-state index in [9.17, 15) is 9.59 Å². The van der Waals surface area contributed by atoms with Crippen molar-refractivity contribution in [1.29, 1.82) is 0 Å². The van der Waals surface area contributed by atoms with Gasteiger partial charge >= 0.3 is 0 Å². The SMILES string of the molecule is COc1ccc2cc1OCCN(Cc1c(C)cc(C)cc1-n1cccn1)CC(=O)N[C@H](C(C)C)C(=O)NCCn1ccnc1-2. The molecule has 2 amide bonds. The Balaban J connectivity index is 1.48. The number of nitrogens with zero attached hydrogens (tertiary/aromatic N) is 5. The predicted octanol–water partition coefficient (Wildman–Crippen LogP) is 3.51. The molecule has 0 saturated heterocycles. The van der Waals surface area contributed by atoms with Crippen molar-refractivity contribution in [3.05, 3.63) is 77.9 Å². The van der Waals surface area contributed by atoms with Crippen molar-refractivity contribution in [1.82, 2.24) is 34.9 Å². The molecule has 0 aliphatic carbocycles. The highest BCUT2D eigenvalue weighted by atomic mass is 16.5. The second-order valence-corrected chi connectivity index (χ2v) is 11.5. The summed E-state index contributed by atoms with van der Waals surface area (Å²) in [5, 5.41) is 10.5. The number of carbonyl (C=O) groups excluding carboxylic acids is 2. The Morgan fingerprint density at radius 1 is 1.09 bits per heavy atom. The number of hydrogen-bond donors (Lipinski definition) is 2. The average Bonchev–Trinajstić information content (AvgIpc) is 3.69. The van der Waals surface area contributed by atoms with Gasteiger partial charge in [-0.05, 0) is 66.8 Å². The lowest BCUT2D eigenvalue weighted by Gasteiger charge is -2.27. The molecule has 1 aliphatic rings. The molecule has 11 heteroatoms. The maximum Gasteiger partial charge on any atom is 0.242 e. The molecule has 1 aliphatic heterocycles. The van der Waals surface area contributed by atoms with E-state index < -0.39 is 6.04 Å². The van der Waals surface area contributed by atoms with Gasteiger partial charge in [-0.15, -0.1) is 0 Å². The summed E-state index contributed by atoms with van der Waals surface area (Å²) in [6.45, 7) is 10.2. The molecule has 2 aromatic heterocycles. The van der Waals surface area contributed by atoms with Gasteiger partial charge in [0, 0.05) is 56.5 Å². The molecule has 44 heavy (non-hydrogen) atoms. The molecule has 5 rings (SSSR count). The Hall–Kier alpha value is -4.64. The highest BCUT2D eigenvalue weighted by Gasteiger charge is 2.26. The topological polar surface area (TPSA) is 116 Å². The molecular formula is C33H41N7O4. The van der Waals surface area contributed by atoms with Gasteiger partial charge in [-0.25, -0.2) is 9.67 Å². The van der Waals surface area contributed by atoms with Crippen LogP contribution in [0.4, 0.5) is 0 Å². The number of fused-ring (bicyclic) bond motifs is 4. The summed E-state index contributed by atoms with van der Waals surface area (Å²) in [6.07, 6.45) is 7.29. The fourth-order valence-electron chi connectivity index (χ4n) is 5.56. The molecule has 2 bridgehead atoms. The van der Waals surface area contributed by atoms with Gasteiger partial charge in [0.05, 0.1) is 19.3 Å². The molecule has 11 nitrogen and oxygen atoms in total. The number of nitrogens with one attached hydrogen (secondary N) is 2. The molecule has 2 N–H and O–H groups in total. The highest BCUT2D eigenvalue weighted by molar-refractivity contribution is 5.88. The molecule has 232 valence electrons. The number of hydrogen-bond acceptors (Lipinski definition) is 7. The minimum absolute atomic E-state index is 0.0816. The van der Waals surface area contributed by atoms with E-state index in [1.54, 1.807) is 19.5 Å². The third-order valence-corrected chi connectivity index (χ3v) is 7.81. The Morgan fingerprint density at radius 2 is 1.93 bits per heavy atom.